The summed E-state index contributed by atoms with van der Waals surface area (Å²) in [6.45, 7) is 7.27. The number of nitrogens with one attached hydrogen (secondary N) is 2. The van der Waals surface area contributed by atoms with Crippen LogP contribution in [-0.2, 0) is 11.2 Å². The van der Waals surface area contributed by atoms with Crippen LogP contribution in [0.1, 0.15) is 50.8 Å². The fraction of sp³-hybridized carbons (Fsp3) is 0.562. The molecule has 0 fully saturated rings. The zero-order chi connectivity index (χ0) is 14.1. The second-order valence-electron chi connectivity index (χ2n) is 4.90. The van der Waals surface area contributed by atoms with Crippen molar-refractivity contribution in [3.8, 4) is 0 Å². The highest BCUT2D eigenvalue weighted by atomic mass is 16.1. The van der Waals surface area contributed by atoms with Gasteiger partial charge in [-0.25, -0.2) is 0 Å². The van der Waals surface area contributed by atoms with Gasteiger partial charge in [0.25, 0.3) is 0 Å². The van der Waals surface area contributed by atoms with Crippen molar-refractivity contribution in [2.75, 3.05) is 13.1 Å². The number of hydrogen-bond acceptors (Lipinski definition) is 2. The molecule has 0 aliphatic heterocycles. The lowest BCUT2D eigenvalue weighted by molar-refractivity contribution is -0.120. The SMILES string of the molecule is CCCCc1ccc(C(C)NCC(=O)NCC)cc1. The molecule has 0 heterocycles. The summed E-state index contributed by atoms with van der Waals surface area (Å²) >= 11 is 0. The lowest BCUT2D eigenvalue weighted by Crippen LogP contribution is -2.34. The van der Waals surface area contributed by atoms with Crippen LogP contribution in [0.2, 0.25) is 0 Å². The van der Waals surface area contributed by atoms with E-state index in [1.165, 1.54) is 24.0 Å². The van der Waals surface area contributed by atoms with Crippen molar-refractivity contribution >= 4 is 5.91 Å². The molecule has 1 amide bonds. The van der Waals surface area contributed by atoms with Crippen molar-refractivity contribution < 1.29 is 4.79 Å². The van der Waals surface area contributed by atoms with Gasteiger partial charge in [-0.05, 0) is 37.8 Å². The third-order valence-electron chi connectivity index (χ3n) is 3.24. The van der Waals surface area contributed by atoms with Crippen molar-refractivity contribution in [2.24, 2.45) is 0 Å². The summed E-state index contributed by atoms with van der Waals surface area (Å²) < 4.78 is 0. The van der Waals surface area contributed by atoms with Gasteiger partial charge in [0.1, 0.15) is 0 Å². The Labute approximate surface area is 116 Å². The number of hydrogen-bond donors (Lipinski definition) is 2. The minimum Gasteiger partial charge on any atom is -0.355 e. The van der Waals surface area contributed by atoms with Gasteiger partial charge in [0, 0.05) is 12.6 Å². The standard InChI is InChI=1S/C16H26N2O/c1-4-6-7-14-8-10-15(11-9-14)13(3)18-12-16(19)17-5-2/h8-11,13,18H,4-7,12H2,1-3H3,(H,17,19). The first-order valence-corrected chi connectivity index (χ1v) is 7.26. The fourth-order valence-electron chi connectivity index (χ4n) is 1.98. The first kappa shape index (κ1) is 15.7. The van der Waals surface area contributed by atoms with E-state index in [4.69, 9.17) is 0 Å². The van der Waals surface area contributed by atoms with Gasteiger partial charge >= 0.3 is 0 Å². The van der Waals surface area contributed by atoms with E-state index in [-0.39, 0.29) is 11.9 Å². The van der Waals surface area contributed by atoms with Gasteiger partial charge in [0.2, 0.25) is 5.91 Å². The van der Waals surface area contributed by atoms with Crippen molar-refractivity contribution in [3.63, 3.8) is 0 Å². The predicted molar refractivity (Wildman–Crippen MR) is 80.2 cm³/mol. The Morgan fingerprint density at radius 3 is 2.47 bits per heavy atom. The molecule has 0 saturated carbocycles. The van der Waals surface area contributed by atoms with Gasteiger partial charge in [-0.1, -0.05) is 37.6 Å². The summed E-state index contributed by atoms with van der Waals surface area (Å²) in [5.41, 5.74) is 2.62. The highest BCUT2D eigenvalue weighted by Crippen LogP contribution is 2.14. The number of carbonyl (C=O) groups excluding carboxylic acids is 1. The third-order valence-corrected chi connectivity index (χ3v) is 3.24. The maximum absolute atomic E-state index is 11.4. The molecular weight excluding hydrogens is 236 g/mol. The van der Waals surface area contributed by atoms with Crippen LogP contribution in [0.4, 0.5) is 0 Å². The molecule has 1 atom stereocenters. The van der Waals surface area contributed by atoms with Crippen molar-refractivity contribution in [3.05, 3.63) is 35.4 Å². The van der Waals surface area contributed by atoms with E-state index in [0.29, 0.717) is 13.1 Å². The molecule has 19 heavy (non-hydrogen) atoms. The molecule has 0 spiro atoms. The van der Waals surface area contributed by atoms with Crippen LogP contribution in [0.25, 0.3) is 0 Å². The van der Waals surface area contributed by atoms with Crippen LogP contribution in [0.5, 0.6) is 0 Å². The molecule has 1 rings (SSSR count). The summed E-state index contributed by atoms with van der Waals surface area (Å²) in [5, 5.41) is 6.02. The zero-order valence-corrected chi connectivity index (χ0v) is 12.3. The zero-order valence-electron chi connectivity index (χ0n) is 12.3. The van der Waals surface area contributed by atoms with Crippen molar-refractivity contribution in [2.45, 2.75) is 46.1 Å². The Kier molecular flexibility index (Phi) is 7.19. The molecule has 0 bridgehead atoms. The van der Waals surface area contributed by atoms with Crippen LogP contribution < -0.4 is 10.6 Å². The summed E-state index contributed by atoms with van der Waals surface area (Å²) in [6.07, 6.45) is 3.62. The van der Waals surface area contributed by atoms with Crippen molar-refractivity contribution in [1.29, 1.82) is 0 Å². The topological polar surface area (TPSA) is 41.1 Å². The number of amides is 1. The van der Waals surface area contributed by atoms with Crippen LogP contribution >= 0.6 is 0 Å². The first-order chi connectivity index (χ1) is 9.17. The Bertz CT molecular complexity index is 373. The number of aryl methyl sites for hydroxylation is 1. The molecule has 106 valence electrons. The molecule has 0 aliphatic rings. The van der Waals surface area contributed by atoms with E-state index in [9.17, 15) is 4.79 Å². The molecule has 1 aromatic rings. The summed E-state index contributed by atoms with van der Waals surface area (Å²) in [5.74, 6) is 0.0499. The number of carbonyl (C=O) groups is 1. The van der Waals surface area contributed by atoms with Gasteiger partial charge in [0.05, 0.1) is 6.54 Å². The average molecular weight is 262 g/mol. The van der Waals surface area contributed by atoms with E-state index in [2.05, 4.69) is 48.7 Å². The molecule has 3 nitrogen and oxygen atoms in total. The monoisotopic (exact) mass is 262 g/mol. The molecule has 0 aromatic heterocycles. The smallest absolute Gasteiger partial charge is 0.233 e. The van der Waals surface area contributed by atoms with Gasteiger partial charge in [-0.2, -0.15) is 0 Å². The quantitative estimate of drug-likeness (QED) is 0.756. The Hall–Kier alpha value is -1.35. The average Bonchev–Trinajstić information content (AvgIpc) is 2.43. The number of benzene rings is 1. The maximum Gasteiger partial charge on any atom is 0.233 e. The molecule has 0 aliphatic carbocycles. The molecule has 0 radical (unpaired) electrons. The van der Waals surface area contributed by atoms with Crippen LogP contribution in [-0.4, -0.2) is 19.0 Å². The largest absolute Gasteiger partial charge is 0.355 e. The molecule has 1 unspecified atom stereocenters. The lowest BCUT2D eigenvalue weighted by Gasteiger charge is -2.14. The number of rotatable bonds is 8. The second kappa shape index (κ2) is 8.70. The number of likely N-dealkylation sites (N-methyl/N-ethyl adjacent to an activating group) is 1. The minimum atomic E-state index is 0.0499. The lowest BCUT2D eigenvalue weighted by atomic mass is 10.0. The Morgan fingerprint density at radius 1 is 1.21 bits per heavy atom. The van der Waals surface area contributed by atoms with Crippen LogP contribution in [0.15, 0.2) is 24.3 Å². The number of unbranched alkanes of at least 4 members (excludes halogenated alkanes) is 1. The predicted octanol–water partition coefficient (Wildman–Crippen LogP) is 2.82. The highest BCUT2D eigenvalue weighted by molar-refractivity contribution is 5.77. The van der Waals surface area contributed by atoms with Crippen LogP contribution in [0, 0.1) is 0 Å². The second-order valence-corrected chi connectivity index (χ2v) is 4.90. The van der Waals surface area contributed by atoms with E-state index >= 15 is 0 Å². The van der Waals surface area contributed by atoms with Gasteiger partial charge in [0.15, 0.2) is 0 Å². The van der Waals surface area contributed by atoms with E-state index in [1.807, 2.05) is 6.92 Å². The van der Waals surface area contributed by atoms with E-state index < -0.39 is 0 Å². The normalized spacial score (nSPS) is 12.2. The minimum absolute atomic E-state index is 0.0499. The molecular formula is C16H26N2O. The molecule has 0 saturated heterocycles. The Balaban J connectivity index is 2.43. The summed E-state index contributed by atoms with van der Waals surface area (Å²) in [4.78, 5) is 11.4. The molecule has 1 aromatic carbocycles. The van der Waals surface area contributed by atoms with Gasteiger partial charge in [-0.3, -0.25) is 4.79 Å². The first-order valence-electron chi connectivity index (χ1n) is 7.26. The van der Waals surface area contributed by atoms with Gasteiger partial charge < -0.3 is 10.6 Å². The fourth-order valence-corrected chi connectivity index (χ4v) is 1.98. The highest BCUT2D eigenvalue weighted by Gasteiger charge is 2.07. The van der Waals surface area contributed by atoms with E-state index in [1.54, 1.807) is 0 Å². The van der Waals surface area contributed by atoms with E-state index in [0.717, 1.165) is 6.42 Å². The van der Waals surface area contributed by atoms with Crippen LogP contribution in [0.3, 0.4) is 0 Å². The third kappa shape index (κ3) is 5.88. The Morgan fingerprint density at radius 2 is 1.89 bits per heavy atom. The van der Waals surface area contributed by atoms with Gasteiger partial charge in [-0.15, -0.1) is 0 Å². The molecule has 3 heteroatoms. The summed E-state index contributed by atoms with van der Waals surface area (Å²) in [6, 6.07) is 8.88. The van der Waals surface area contributed by atoms with Crippen molar-refractivity contribution in [1.82, 2.24) is 10.6 Å². The molecule has 2 N–H and O–H groups in total. The maximum atomic E-state index is 11.4. The summed E-state index contributed by atoms with van der Waals surface area (Å²) in [7, 11) is 0.